The molecule has 2 aliphatic heterocycles. The van der Waals surface area contributed by atoms with E-state index in [0.717, 1.165) is 92.4 Å². The van der Waals surface area contributed by atoms with Crippen LogP contribution in [0.3, 0.4) is 0 Å². The summed E-state index contributed by atoms with van der Waals surface area (Å²) in [6.07, 6.45) is 2.56. The van der Waals surface area contributed by atoms with Gasteiger partial charge in [0.05, 0.1) is 17.7 Å². The number of β-amino-alcohol motifs (C(OH)–C–C–N with tert-alkyl or cyclic N) is 1. The Labute approximate surface area is 266 Å². The van der Waals surface area contributed by atoms with E-state index in [0.29, 0.717) is 42.3 Å². The molecule has 0 spiro atoms. The van der Waals surface area contributed by atoms with Crippen molar-refractivity contribution in [1.29, 1.82) is 0 Å². The maximum Gasteiger partial charge on any atom is 0.253 e. The molecular weight excluding hydrogens is 570 g/mol. The molecular formula is C35H51N5O5. The number of nitrogens with zero attached hydrogens (tertiary/aromatic N) is 3. The molecule has 246 valence electrons. The number of piperazine rings is 1. The Kier molecular flexibility index (Phi) is 10.4. The van der Waals surface area contributed by atoms with Crippen LogP contribution in [0.1, 0.15) is 79.0 Å². The quantitative estimate of drug-likeness (QED) is 0.293. The maximum absolute atomic E-state index is 14.2. The molecule has 0 saturated carbocycles. The van der Waals surface area contributed by atoms with Gasteiger partial charge in [0, 0.05) is 93.5 Å². The van der Waals surface area contributed by atoms with Gasteiger partial charge in [-0.3, -0.25) is 19.4 Å². The molecule has 0 aliphatic carbocycles. The number of rotatable bonds is 11. The lowest BCUT2D eigenvalue weighted by atomic mass is 9.95. The molecule has 2 saturated heterocycles. The van der Waals surface area contributed by atoms with Gasteiger partial charge in [-0.15, -0.1) is 0 Å². The number of carbonyl (C=O) groups is 1. The Morgan fingerprint density at radius 1 is 1.07 bits per heavy atom. The molecule has 10 heteroatoms. The Morgan fingerprint density at radius 2 is 1.76 bits per heavy atom. The number of anilines is 1. The minimum Gasteiger partial charge on any atom is -0.460 e. The van der Waals surface area contributed by atoms with E-state index in [9.17, 15) is 14.7 Å². The molecule has 0 radical (unpaired) electrons. The Hall–Kier alpha value is -3.18. The first kappa shape index (κ1) is 33.2. The van der Waals surface area contributed by atoms with Crippen LogP contribution in [0.4, 0.5) is 5.69 Å². The fourth-order valence-corrected chi connectivity index (χ4v) is 7.07. The molecule has 3 N–H and O–H groups in total. The molecule has 10 nitrogen and oxygen atoms in total. The van der Waals surface area contributed by atoms with Gasteiger partial charge in [0.2, 0.25) is 0 Å². The number of benzene rings is 1. The van der Waals surface area contributed by atoms with Crippen LogP contribution in [-0.2, 0) is 24.2 Å². The molecule has 45 heavy (non-hydrogen) atoms. The smallest absolute Gasteiger partial charge is 0.253 e. The minimum absolute atomic E-state index is 0.145. The van der Waals surface area contributed by atoms with E-state index in [2.05, 4.69) is 44.9 Å². The van der Waals surface area contributed by atoms with Crippen molar-refractivity contribution in [2.45, 2.75) is 85.5 Å². The number of aromatic nitrogens is 1. The summed E-state index contributed by atoms with van der Waals surface area (Å²) in [5.41, 5.74) is 4.70. The predicted molar refractivity (Wildman–Crippen MR) is 178 cm³/mol. The van der Waals surface area contributed by atoms with Gasteiger partial charge in [0.15, 0.2) is 0 Å². The van der Waals surface area contributed by atoms with Crippen molar-refractivity contribution in [1.82, 2.24) is 20.1 Å². The standard InChI is InChI=1S/C35H51N5O5/c1-7-27-30(40(8-2)25-9-15-44-16-10-25)19-31-28(32(27)34(42)36-20-29-23(3)17-24(4)37-33(29)41)18-26(45-31)21-38-11-13-39(14-12-38)22-35(5,6)43/h17-19,25,43H,7-16,20-22H2,1-6H3,(H,36,42)(H,37,41). The number of furan rings is 1. The van der Waals surface area contributed by atoms with E-state index in [4.69, 9.17) is 9.15 Å². The normalized spacial score (nSPS) is 17.2. The highest BCUT2D eigenvalue weighted by Crippen LogP contribution is 2.37. The van der Waals surface area contributed by atoms with Gasteiger partial charge in [-0.05, 0) is 77.1 Å². The van der Waals surface area contributed by atoms with Crippen LogP contribution in [0.5, 0.6) is 0 Å². The lowest BCUT2D eigenvalue weighted by Gasteiger charge is -2.37. The molecule has 2 aromatic heterocycles. The van der Waals surface area contributed by atoms with E-state index >= 15 is 0 Å². The number of nitrogens with one attached hydrogen (secondary N) is 2. The first-order chi connectivity index (χ1) is 21.5. The third kappa shape index (κ3) is 7.80. The summed E-state index contributed by atoms with van der Waals surface area (Å²) in [6.45, 7) is 19.0. The SMILES string of the molecule is CCc1c(N(CC)C2CCOCC2)cc2oc(CN3CCN(CC(C)(C)O)CC3)cc2c1C(=O)NCc1c(C)cc(C)[nH]c1=O. The second kappa shape index (κ2) is 14.1. The fraction of sp³-hybridized carbons (Fsp3) is 0.600. The summed E-state index contributed by atoms with van der Waals surface area (Å²) in [6, 6.07) is 6.42. The molecule has 1 amide bonds. The number of carbonyl (C=O) groups excluding carboxylic acids is 1. The fourth-order valence-electron chi connectivity index (χ4n) is 7.07. The second-order valence-corrected chi connectivity index (χ2v) is 13.3. The van der Waals surface area contributed by atoms with Gasteiger partial charge in [-0.2, -0.15) is 0 Å². The average molecular weight is 622 g/mol. The van der Waals surface area contributed by atoms with E-state index in [1.807, 2.05) is 39.8 Å². The number of aryl methyl sites for hydroxylation is 2. The Balaban J connectivity index is 1.48. The van der Waals surface area contributed by atoms with E-state index in [-0.39, 0.29) is 18.0 Å². The summed E-state index contributed by atoms with van der Waals surface area (Å²) < 4.78 is 12.2. The van der Waals surface area contributed by atoms with Crippen LogP contribution in [0.2, 0.25) is 0 Å². The first-order valence-electron chi connectivity index (χ1n) is 16.5. The number of hydrogen-bond donors (Lipinski definition) is 3. The summed E-state index contributed by atoms with van der Waals surface area (Å²) in [7, 11) is 0. The first-order valence-corrected chi connectivity index (χ1v) is 16.5. The highest BCUT2D eigenvalue weighted by Gasteiger charge is 2.29. The number of amides is 1. The van der Waals surface area contributed by atoms with E-state index in [1.165, 1.54) is 0 Å². The summed E-state index contributed by atoms with van der Waals surface area (Å²) in [5.74, 6) is 0.628. The highest BCUT2D eigenvalue weighted by atomic mass is 16.5. The third-order valence-corrected chi connectivity index (χ3v) is 9.20. The lowest BCUT2D eigenvalue weighted by molar-refractivity contribution is 0.0158. The third-order valence-electron chi connectivity index (χ3n) is 9.20. The number of fused-ring (bicyclic) bond motifs is 1. The molecule has 0 bridgehead atoms. The minimum atomic E-state index is -0.713. The lowest BCUT2D eigenvalue weighted by Crippen LogP contribution is -2.50. The maximum atomic E-state index is 14.2. The second-order valence-electron chi connectivity index (χ2n) is 13.3. The van der Waals surface area contributed by atoms with Crippen molar-refractivity contribution in [3.8, 4) is 0 Å². The van der Waals surface area contributed by atoms with Crippen LogP contribution in [0.25, 0.3) is 11.0 Å². The largest absolute Gasteiger partial charge is 0.460 e. The van der Waals surface area contributed by atoms with Crippen molar-refractivity contribution in [2.75, 3.05) is 57.4 Å². The Bertz CT molecular complexity index is 1540. The van der Waals surface area contributed by atoms with Crippen LogP contribution in [0.15, 0.2) is 27.4 Å². The molecule has 3 aromatic rings. The molecule has 2 aliphatic rings. The van der Waals surface area contributed by atoms with Crippen LogP contribution in [0, 0.1) is 13.8 Å². The van der Waals surface area contributed by atoms with Crippen molar-refractivity contribution in [3.63, 3.8) is 0 Å². The molecule has 0 unspecified atom stereocenters. The zero-order valence-electron chi connectivity index (χ0n) is 27.9. The zero-order valence-corrected chi connectivity index (χ0v) is 27.9. The molecule has 2 fully saturated rings. The van der Waals surface area contributed by atoms with E-state index in [1.54, 1.807) is 0 Å². The predicted octanol–water partition coefficient (Wildman–Crippen LogP) is 4.12. The van der Waals surface area contributed by atoms with Crippen LogP contribution >= 0.6 is 0 Å². The van der Waals surface area contributed by atoms with Gasteiger partial charge in [0.25, 0.3) is 11.5 Å². The van der Waals surface area contributed by atoms with Gasteiger partial charge in [-0.25, -0.2) is 0 Å². The number of aromatic amines is 1. The number of ether oxygens (including phenoxy) is 1. The number of aliphatic hydroxyl groups is 1. The summed E-state index contributed by atoms with van der Waals surface area (Å²) in [4.78, 5) is 36.8. The molecule has 1 aromatic carbocycles. The summed E-state index contributed by atoms with van der Waals surface area (Å²) >= 11 is 0. The van der Waals surface area contributed by atoms with Gasteiger partial charge >= 0.3 is 0 Å². The number of H-pyrrole nitrogens is 1. The average Bonchev–Trinajstić information content (AvgIpc) is 3.38. The van der Waals surface area contributed by atoms with Crippen molar-refractivity contribution in [3.05, 3.63) is 62.3 Å². The monoisotopic (exact) mass is 621 g/mol. The molecule has 5 rings (SSSR count). The zero-order chi connectivity index (χ0) is 32.3. The summed E-state index contributed by atoms with van der Waals surface area (Å²) in [5, 5.41) is 14.1. The highest BCUT2D eigenvalue weighted by molar-refractivity contribution is 6.09. The number of pyridine rings is 1. The van der Waals surface area contributed by atoms with Gasteiger partial charge in [-0.1, -0.05) is 6.92 Å². The Morgan fingerprint density at radius 3 is 2.38 bits per heavy atom. The topological polar surface area (TPSA) is 114 Å². The van der Waals surface area contributed by atoms with E-state index < -0.39 is 5.60 Å². The van der Waals surface area contributed by atoms with Crippen molar-refractivity contribution >= 4 is 22.6 Å². The van der Waals surface area contributed by atoms with Crippen molar-refractivity contribution in [2.24, 2.45) is 0 Å². The van der Waals surface area contributed by atoms with Gasteiger partial charge < -0.3 is 29.5 Å². The van der Waals surface area contributed by atoms with Crippen molar-refractivity contribution < 1.29 is 19.1 Å². The molecule has 4 heterocycles. The van der Waals surface area contributed by atoms with Crippen LogP contribution < -0.4 is 15.8 Å². The molecule has 0 atom stereocenters. The van der Waals surface area contributed by atoms with Gasteiger partial charge in [0.1, 0.15) is 11.3 Å². The van der Waals surface area contributed by atoms with Crippen LogP contribution in [-0.4, -0.2) is 89.9 Å². The number of hydrogen-bond acceptors (Lipinski definition) is 8.